The lowest BCUT2D eigenvalue weighted by atomic mass is 10.1. The molecule has 0 saturated carbocycles. The predicted octanol–water partition coefficient (Wildman–Crippen LogP) is 1.94. The summed E-state index contributed by atoms with van der Waals surface area (Å²) in [6.45, 7) is 1.18. The second-order valence-corrected chi connectivity index (χ2v) is 9.03. The van der Waals surface area contributed by atoms with Crippen LogP contribution in [0, 0.1) is 0 Å². The number of hydrogen-bond acceptors (Lipinski definition) is 8. The van der Waals surface area contributed by atoms with Crippen molar-refractivity contribution in [3.05, 3.63) is 47.8 Å². The van der Waals surface area contributed by atoms with Crippen molar-refractivity contribution in [3.63, 3.8) is 0 Å². The van der Waals surface area contributed by atoms with Crippen LogP contribution in [0.4, 0.5) is 5.82 Å². The minimum Gasteiger partial charge on any atom is -0.380 e. The minimum atomic E-state index is -3.59. The molecule has 0 radical (unpaired) electrons. The highest BCUT2D eigenvalue weighted by Gasteiger charge is 2.30. The van der Waals surface area contributed by atoms with Gasteiger partial charge in [-0.2, -0.15) is 4.98 Å². The SMILES string of the molecule is CS(=O)(=O)c1nc(N)c2ncc([C@H]3CC[C@@H](CCOCc4ccccc4)O3)n2n1. The summed E-state index contributed by atoms with van der Waals surface area (Å²) in [5.41, 5.74) is 8.00. The van der Waals surface area contributed by atoms with Gasteiger partial charge in [0.2, 0.25) is 9.84 Å². The highest BCUT2D eigenvalue weighted by molar-refractivity contribution is 7.90. The van der Waals surface area contributed by atoms with Gasteiger partial charge in [-0.15, -0.1) is 5.10 Å². The molecule has 0 aliphatic carbocycles. The Labute approximate surface area is 168 Å². The topological polar surface area (TPSA) is 122 Å². The lowest BCUT2D eigenvalue weighted by molar-refractivity contribution is 0.0133. The summed E-state index contributed by atoms with van der Waals surface area (Å²) in [7, 11) is -3.59. The number of ether oxygens (including phenoxy) is 2. The standard InChI is InChI=1S/C19H23N5O4S/c1-29(25,26)19-22-17(20)18-21-11-15(24(18)23-19)16-8-7-14(28-16)9-10-27-12-13-5-3-2-4-6-13/h2-6,11,14,16H,7-10,12H2,1H3,(H2,20,22,23)/t14-,16+/m0/s1. The number of benzene rings is 1. The number of anilines is 1. The Balaban J connectivity index is 1.40. The van der Waals surface area contributed by atoms with Gasteiger partial charge in [-0.1, -0.05) is 30.3 Å². The van der Waals surface area contributed by atoms with Crippen LogP contribution in [-0.4, -0.2) is 47.0 Å². The van der Waals surface area contributed by atoms with E-state index in [4.69, 9.17) is 15.2 Å². The first-order chi connectivity index (χ1) is 13.9. The third-order valence-electron chi connectivity index (χ3n) is 4.86. The molecule has 1 aliphatic rings. The van der Waals surface area contributed by atoms with Crippen LogP contribution >= 0.6 is 0 Å². The Morgan fingerprint density at radius 2 is 2.07 bits per heavy atom. The smallest absolute Gasteiger partial charge is 0.267 e. The van der Waals surface area contributed by atoms with Gasteiger partial charge in [0.05, 0.1) is 24.6 Å². The largest absolute Gasteiger partial charge is 0.380 e. The van der Waals surface area contributed by atoms with E-state index in [-0.39, 0.29) is 23.2 Å². The average Bonchev–Trinajstić information content (AvgIpc) is 3.32. The van der Waals surface area contributed by atoms with Gasteiger partial charge in [-0.25, -0.2) is 17.9 Å². The maximum atomic E-state index is 11.8. The van der Waals surface area contributed by atoms with Gasteiger partial charge < -0.3 is 15.2 Å². The van der Waals surface area contributed by atoms with Crippen molar-refractivity contribution in [2.45, 2.75) is 43.2 Å². The van der Waals surface area contributed by atoms with E-state index in [0.29, 0.717) is 24.6 Å². The number of imidazole rings is 1. The van der Waals surface area contributed by atoms with E-state index in [1.165, 1.54) is 4.52 Å². The highest BCUT2D eigenvalue weighted by atomic mass is 32.2. The first-order valence-corrected chi connectivity index (χ1v) is 11.3. The predicted molar refractivity (Wildman–Crippen MR) is 106 cm³/mol. The lowest BCUT2D eigenvalue weighted by Crippen LogP contribution is -2.14. The minimum absolute atomic E-state index is 0.0236. The number of aromatic nitrogens is 4. The van der Waals surface area contributed by atoms with Gasteiger partial charge in [0.1, 0.15) is 6.10 Å². The summed E-state index contributed by atoms with van der Waals surface area (Å²) in [4.78, 5) is 8.07. The Morgan fingerprint density at radius 1 is 1.28 bits per heavy atom. The van der Waals surface area contributed by atoms with Crippen molar-refractivity contribution in [1.29, 1.82) is 0 Å². The van der Waals surface area contributed by atoms with Gasteiger partial charge >= 0.3 is 0 Å². The number of nitrogen functional groups attached to an aromatic ring is 1. The zero-order valence-electron chi connectivity index (χ0n) is 16.1. The molecule has 0 bridgehead atoms. The van der Waals surface area contributed by atoms with Crippen molar-refractivity contribution >= 4 is 21.3 Å². The molecule has 1 aromatic carbocycles. The highest BCUT2D eigenvalue weighted by Crippen LogP contribution is 2.34. The van der Waals surface area contributed by atoms with Crippen molar-refractivity contribution < 1.29 is 17.9 Å². The van der Waals surface area contributed by atoms with E-state index in [9.17, 15) is 8.42 Å². The molecule has 0 spiro atoms. The molecule has 2 atom stereocenters. The number of fused-ring (bicyclic) bond motifs is 1. The summed E-state index contributed by atoms with van der Waals surface area (Å²) < 4.78 is 37.0. The van der Waals surface area contributed by atoms with E-state index in [2.05, 4.69) is 15.1 Å². The molecule has 29 heavy (non-hydrogen) atoms. The summed E-state index contributed by atoms with van der Waals surface area (Å²) in [6, 6.07) is 10.0. The summed E-state index contributed by atoms with van der Waals surface area (Å²) in [5.74, 6) is 0.0236. The number of hydrogen-bond donors (Lipinski definition) is 1. The summed E-state index contributed by atoms with van der Waals surface area (Å²) in [5, 5.41) is 3.79. The zero-order chi connectivity index (χ0) is 20.4. The molecule has 154 valence electrons. The fraction of sp³-hybridized carbons (Fsp3) is 0.421. The molecule has 10 heteroatoms. The monoisotopic (exact) mass is 417 g/mol. The van der Waals surface area contributed by atoms with Crippen LogP contribution in [0.5, 0.6) is 0 Å². The molecule has 9 nitrogen and oxygen atoms in total. The fourth-order valence-corrected chi connectivity index (χ4v) is 3.89. The Kier molecular flexibility index (Phi) is 5.48. The van der Waals surface area contributed by atoms with Crippen molar-refractivity contribution in [3.8, 4) is 0 Å². The molecule has 2 aromatic heterocycles. The van der Waals surface area contributed by atoms with Crippen LogP contribution in [0.25, 0.3) is 5.65 Å². The van der Waals surface area contributed by atoms with Crippen LogP contribution < -0.4 is 5.73 Å². The Bertz CT molecular complexity index is 1100. The van der Waals surface area contributed by atoms with E-state index in [1.54, 1.807) is 6.20 Å². The molecule has 1 fully saturated rings. The van der Waals surface area contributed by atoms with E-state index in [0.717, 1.165) is 31.1 Å². The summed E-state index contributed by atoms with van der Waals surface area (Å²) >= 11 is 0. The number of nitrogens with two attached hydrogens (primary N) is 1. The van der Waals surface area contributed by atoms with Crippen molar-refractivity contribution in [2.24, 2.45) is 0 Å². The van der Waals surface area contributed by atoms with E-state index >= 15 is 0 Å². The number of sulfone groups is 1. The second kappa shape index (κ2) is 8.05. The van der Waals surface area contributed by atoms with Crippen molar-refractivity contribution in [2.75, 3.05) is 18.6 Å². The van der Waals surface area contributed by atoms with Crippen molar-refractivity contribution in [1.82, 2.24) is 19.6 Å². The number of nitrogens with zero attached hydrogens (tertiary/aromatic N) is 4. The molecule has 0 amide bonds. The van der Waals surface area contributed by atoms with Gasteiger partial charge in [0, 0.05) is 12.9 Å². The quantitative estimate of drug-likeness (QED) is 0.579. The number of rotatable bonds is 7. The van der Waals surface area contributed by atoms with Gasteiger partial charge in [0.15, 0.2) is 11.5 Å². The zero-order valence-corrected chi connectivity index (χ0v) is 16.9. The third-order valence-corrected chi connectivity index (χ3v) is 5.70. The van der Waals surface area contributed by atoms with Crippen LogP contribution in [0.2, 0.25) is 0 Å². The average molecular weight is 417 g/mol. The Hall–Kier alpha value is -2.56. The fourth-order valence-electron chi connectivity index (χ4n) is 3.39. The molecule has 4 rings (SSSR count). The lowest BCUT2D eigenvalue weighted by Gasteiger charge is -2.14. The van der Waals surface area contributed by atoms with E-state index in [1.807, 2.05) is 30.3 Å². The molecule has 1 saturated heterocycles. The first kappa shape index (κ1) is 19.7. The van der Waals surface area contributed by atoms with E-state index < -0.39 is 9.84 Å². The molecular weight excluding hydrogens is 394 g/mol. The molecule has 1 aliphatic heterocycles. The molecule has 3 heterocycles. The second-order valence-electron chi connectivity index (χ2n) is 7.12. The van der Waals surface area contributed by atoms with Crippen LogP contribution in [0.1, 0.15) is 36.6 Å². The van der Waals surface area contributed by atoms with Crippen LogP contribution in [0.15, 0.2) is 41.7 Å². The maximum Gasteiger partial charge on any atom is 0.267 e. The Morgan fingerprint density at radius 3 is 2.83 bits per heavy atom. The van der Waals surface area contributed by atoms with Gasteiger partial charge in [0.25, 0.3) is 5.16 Å². The normalized spacial score (nSPS) is 19.8. The maximum absolute atomic E-state index is 11.8. The third kappa shape index (κ3) is 4.39. The van der Waals surface area contributed by atoms with Gasteiger partial charge in [-0.3, -0.25) is 0 Å². The van der Waals surface area contributed by atoms with Crippen LogP contribution in [0.3, 0.4) is 0 Å². The molecular formula is C19H23N5O4S. The molecule has 2 N–H and O–H groups in total. The molecule has 3 aromatic rings. The van der Waals surface area contributed by atoms with Gasteiger partial charge in [-0.05, 0) is 24.8 Å². The van der Waals surface area contributed by atoms with Crippen LogP contribution in [-0.2, 0) is 25.9 Å². The summed E-state index contributed by atoms with van der Waals surface area (Å²) in [6.07, 6.45) is 4.95. The first-order valence-electron chi connectivity index (χ1n) is 9.40. The molecule has 0 unspecified atom stereocenters.